The van der Waals surface area contributed by atoms with E-state index in [4.69, 9.17) is 0 Å². The molecule has 1 heterocycles. The van der Waals surface area contributed by atoms with Gasteiger partial charge in [0.1, 0.15) is 11.6 Å². The first-order valence-electron chi connectivity index (χ1n) is 5.36. The Labute approximate surface area is 117 Å². The maximum atomic E-state index is 13.0. The second-order valence-electron chi connectivity index (χ2n) is 3.67. The molecular formula is C13H10BrFN2O2. The lowest BCUT2D eigenvalue weighted by atomic mass is 10.2. The first kappa shape index (κ1) is 13.5. The third-order valence-corrected chi connectivity index (χ3v) is 3.03. The van der Waals surface area contributed by atoms with Crippen molar-refractivity contribution in [1.82, 2.24) is 4.98 Å². The van der Waals surface area contributed by atoms with Crippen molar-refractivity contribution in [3.8, 4) is 0 Å². The molecule has 98 valence electrons. The summed E-state index contributed by atoms with van der Waals surface area (Å²) in [5.41, 5.74) is 1.04. The molecule has 6 heteroatoms. The molecule has 2 rings (SSSR count). The van der Waals surface area contributed by atoms with Gasteiger partial charge >= 0.3 is 5.97 Å². The van der Waals surface area contributed by atoms with Crippen molar-refractivity contribution in [3.05, 3.63) is 52.4 Å². The first-order chi connectivity index (χ1) is 9.10. The Balaban J connectivity index is 2.26. The topological polar surface area (TPSA) is 51.2 Å². The Bertz CT molecular complexity index is 619. The van der Waals surface area contributed by atoms with Crippen LogP contribution in [0.4, 0.5) is 15.9 Å². The van der Waals surface area contributed by atoms with Gasteiger partial charge in [0.05, 0.1) is 18.4 Å². The van der Waals surface area contributed by atoms with Gasteiger partial charge in [0, 0.05) is 10.7 Å². The van der Waals surface area contributed by atoms with Crippen LogP contribution in [0.1, 0.15) is 10.4 Å². The number of rotatable bonds is 3. The van der Waals surface area contributed by atoms with Crippen molar-refractivity contribution >= 4 is 33.4 Å². The molecule has 0 aliphatic heterocycles. The number of anilines is 2. The smallest absolute Gasteiger partial charge is 0.338 e. The van der Waals surface area contributed by atoms with E-state index in [1.807, 2.05) is 0 Å². The van der Waals surface area contributed by atoms with Gasteiger partial charge in [-0.15, -0.1) is 0 Å². The highest BCUT2D eigenvalue weighted by Crippen LogP contribution is 2.26. The van der Waals surface area contributed by atoms with Crippen LogP contribution in [0.5, 0.6) is 0 Å². The molecule has 0 fully saturated rings. The number of nitrogens with one attached hydrogen (secondary N) is 1. The molecule has 19 heavy (non-hydrogen) atoms. The molecule has 0 radical (unpaired) electrons. The summed E-state index contributed by atoms with van der Waals surface area (Å²) in [4.78, 5) is 15.5. The van der Waals surface area contributed by atoms with Crippen molar-refractivity contribution in [2.75, 3.05) is 12.4 Å². The molecule has 0 saturated carbocycles. The molecule has 0 bridgehead atoms. The molecular weight excluding hydrogens is 315 g/mol. The first-order valence-corrected chi connectivity index (χ1v) is 6.16. The van der Waals surface area contributed by atoms with Gasteiger partial charge in [-0.3, -0.25) is 0 Å². The minimum absolute atomic E-state index is 0.339. The summed E-state index contributed by atoms with van der Waals surface area (Å²) in [6, 6.07) is 7.36. The molecule has 4 nitrogen and oxygen atoms in total. The summed E-state index contributed by atoms with van der Waals surface area (Å²) in [6.45, 7) is 0. The van der Waals surface area contributed by atoms with Crippen LogP contribution in [0.15, 0.2) is 41.0 Å². The van der Waals surface area contributed by atoms with E-state index < -0.39 is 5.97 Å². The fourth-order valence-corrected chi connectivity index (χ4v) is 1.92. The average Bonchev–Trinajstić information content (AvgIpc) is 2.41. The lowest BCUT2D eigenvalue weighted by Gasteiger charge is -2.08. The molecule has 1 N–H and O–H groups in total. The fourth-order valence-electron chi connectivity index (χ4n) is 1.47. The van der Waals surface area contributed by atoms with Gasteiger partial charge in [0.2, 0.25) is 0 Å². The zero-order valence-corrected chi connectivity index (χ0v) is 11.6. The number of nitrogens with zero attached hydrogens (tertiary/aromatic N) is 1. The van der Waals surface area contributed by atoms with Crippen molar-refractivity contribution in [3.63, 3.8) is 0 Å². The maximum Gasteiger partial charge on any atom is 0.338 e. The number of halogens is 2. The van der Waals surface area contributed by atoms with E-state index in [0.717, 1.165) is 0 Å². The van der Waals surface area contributed by atoms with Gasteiger partial charge in [0.25, 0.3) is 0 Å². The maximum absolute atomic E-state index is 13.0. The van der Waals surface area contributed by atoms with E-state index in [1.54, 1.807) is 18.2 Å². The van der Waals surface area contributed by atoms with Gasteiger partial charge in [0.15, 0.2) is 0 Å². The number of hydrogen-bond donors (Lipinski definition) is 1. The summed E-state index contributed by atoms with van der Waals surface area (Å²) in [5.74, 6) is -0.312. The lowest BCUT2D eigenvalue weighted by molar-refractivity contribution is 0.0600. The molecule has 1 aromatic heterocycles. The standard InChI is InChI=1S/C13H10BrFN2O2/c1-19-13(18)8-4-5-16-12(6-8)17-11-3-2-9(15)7-10(11)14/h2-7H,1H3,(H,16,17). The summed E-state index contributed by atoms with van der Waals surface area (Å²) in [5, 5.41) is 2.99. The highest BCUT2D eigenvalue weighted by atomic mass is 79.9. The summed E-state index contributed by atoms with van der Waals surface area (Å²) in [6.07, 6.45) is 1.49. The lowest BCUT2D eigenvalue weighted by Crippen LogP contribution is -2.03. The molecule has 0 amide bonds. The van der Waals surface area contributed by atoms with E-state index in [2.05, 4.69) is 31.0 Å². The van der Waals surface area contributed by atoms with Crippen molar-refractivity contribution in [1.29, 1.82) is 0 Å². The quantitative estimate of drug-likeness (QED) is 0.878. The molecule has 0 aliphatic rings. The second kappa shape index (κ2) is 5.79. The number of methoxy groups -OCH3 is 1. The number of hydrogen-bond acceptors (Lipinski definition) is 4. The Morgan fingerprint density at radius 1 is 1.37 bits per heavy atom. The van der Waals surface area contributed by atoms with E-state index in [0.29, 0.717) is 21.5 Å². The molecule has 2 aromatic rings. The Kier molecular flexibility index (Phi) is 4.11. The molecule has 0 spiro atoms. The molecule has 0 unspecified atom stereocenters. The van der Waals surface area contributed by atoms with Gasteiger partial charge < -0.3 is 10.1 Å². The van der Waals surface area contributed by atoms with Gasteiger partial charge in [-0.25, -0.2) is 14.2 Å². The van der Waals surface area contributed by atoms with Crippen molar-refractivity contribution < 1.29 is 13.9 Å². The minimum atomic E-state index is -0.441. The van der Waals surface area contributed by atoms with E-state index >= 15 is 0 Å². The van der Waals surface area contributed by atoms with Crippen LogP contribution in [0.25, 0.3) is 0 Å². The van der Waals surface area contributed by atoms with Gasteiger partial charge in [-0.2, -0.15) is 0 Å². The van der Waals surface area contributed by atoms with E-state index in [-0.39, 0.29) is 5.82 Å². The normalized spacial score (nSPS) is 10.1. The SMILES string of the molecule is COC(=O)c1ccnc(Nc2ccc(F)cc2Br)c1. The van der Waals surface area contributed by atoms with Gasteiger partial charge in [-0.1, -0.05) is 0 Å². The van der Waals surface area contributed by atoms with Crippen LogP contribution >= 0.6 is 15.9 Å². The summed E-state index contributed by atoms with van der Waals surface area (Å²) < 4.78 is 18.2. The van der Waals surface area contributed by atoms with Crippen LogP contribution in [0.2, 0.25) is 0 Å². The van der Waals surface area contributed by atoms with Crippen LogP contribution < -0.4 is 5.32 Å². The predicted molar refractivity (Wildman–Crippen MR) is 73.0 cm³/mol. The van der Waals surface area contributed by atoms with Crippen LogP contribution in [-0.4, -0.2) is 18.1 Å². The number of carbonyl (C=O) groups is 1. The summed E-state index contributed by atoms with van der Waals surface area (Å²) in [7, 11) is 1.31. The zero-order valence-electron chi connectivity index (χ0n) is 9.98. The number of ether oxygens (including phenoxy) is 1. The highest BCUT2D eigenvalue weighted by molar-refractivity contribution is 9.10. The molecule has 0 atom stereocenters. The van der Waals surface area contributed by atoms with Crippen LogP contribution in [-0.2, 0) is 4.74 Å². The Hall–Kier alpha value is -1.95. The molecule has 1 aromatic carbocycles. The molecule has 0 saturated heterocycles. The fraction of sp³-hybridized carbons (Fsp3) is 0.0769. The third-order valence-electron chi connectivity index (χ3n) is 2.37. The van der Waals surface area contributed by atoms with Crippen molar-refractivity contribution in [2.45, 2.75) is 0 Å². The van der Waals surface area contributed by atoms with E-state index in [1.165, 1.54) is 25.4 Å². The van der Waals surface area contributed by atoms with E-state index in [9.17, 15) is 9.18 Å². The highest BCUT2D eigenvalue weighted by Gasteiger charge is 2.08. The largest absolute Gasteiger partial charge is 0.465 e. The minimum Gasteiger partial charge on any atom is -0.465 e. The second-order valence-corrected chi connectivity index (χ2v) is 4.52. The number of esters is 1. The third kappa shape index (κ3) is 3.29. The Morgan fingerprint density at radius 3 is 2.84 bits per heavy atom. The van der Waals surface area contributed by atoms with Crippen LogP contribution in [0.3, 0.4) is 0 Å². The number of benzene rings is 1. The summed E-state index contributed by atoms with van der Waals surface area (Å²) >= 11 is 3.24. The number of carbonyl (C=O) groups excluding carboxylic acids is 1. The number of aromatic nitrogens is 1. The molecule has 0 aliphatic carbocycles. The Morgan fingerprint density at radius 2 is 2.16 bits per heavy atom. The zero-order chi connectivity index (χ0) is 13.8. The van der Waals surface area contributed by atoms with Crippen LogP contribution in [0, 0.1) is 5.82 Å². The monoisotopic (exact) mass is 324 g/mol. The van der Waals surface area contributed by atoms with Gasteiger partial charge in [-0.05, 0) is 46.3 Å². The average molecular weight is 325 g/mol. The van der Waals surface area contributed by atoms with Crippen molar-refractivity contribution in [2.24, 2.45) is 0 Å². The predicted octanol–water partition coefficient (Wildman–Crippen LogP) is 3.51. The number of pyridine rings is 1.